The number of nitrogens with two attached hydrogens (primary N) is 1. The van der Waals surface area contributed by atoms with E-state index >= 15 is 0 Å². The van der Waals surface area contributed by atoms with E-state index in [0.29, 0.717) is 0 Å². The quantitative estimate of drug-likeness (QED) is 0.685. The van der Waals surface area contributed by atoms with Crippen LogP contribution in [0.15, 0.2) is 0 Å². The molecular formula is C11H23N3O3S. The Hall–Kier alpha value is -0.660. The summed E-state index contributed by atoms with van der Waals surface area (Å²) >= 11 is 0. The lowest BCUT2D eigenvalue weighted by atomic mass is 9.98. The molecule has 7 heteroatoms. The molecule has 0 aliphatic heterocycles. The summed E-state index contributed by atoms with van der Waals surface area (Å²) in [5.41, 5.74) is 5.03. The predicted octanol–water partition coefficient (Wildman–Crippen LogP) is -0.490. The third-order valence-corrected chi connectivity index (χ3v) is 5.42. The standard InChI is InChI=1S/C11H23N3O3S/c1-8(10(15)14(3)4)18(16,17)13-11(2,7-12)9-5-6-9/h8-9,13H,5-7,12H2,1-4H3. The van der Waals surface area contributed by atoms with Crippen LogP contribution in [0, 0.1) is 5.92 Å². The molecule has 3 N–H and O–H groups in total. The van der Waals surface area contributed by atoms with Crippen molar-refractivity contribution in [2.24, 2.45) is 11.7 Å². The summed E-state index contributed by atoms with van der Waals surface area (Å²) in [5.74, 6) is -0.156. The number of nitrogens with zero attached hydrogens (tertiary/aromatic N) is 1. The first-order chi connectivity index (χ1) is 8.14. The summed E-state index contributed by atoms with van der Waals surface area (Å²) in [4.78, 5) is 13.0. The molecule has 1 amide bonds. The summed E-state index contributed by atoms with van der Waals surface area (Å²) in [6.45, 7) is 3.43. The van der Waals surface area contributed by atoms with E-state index in [1.54, 1.807) is 6.92 Å². The van der Waals surface area contributed by atoms with Crippen LogP contribution in [-0.2, 0) is 14.8 Å². The highest BCUT2D eigenvalue weighted by atomic mass is 32.2. The fourth-order valence-corrected chi connectivity index (χ4v) is 3.47. The average molecular weight is 277 g/mol. The van der Waals surface area contributed by atoms with E-state index in [1.807, 2.05) is 0 Å². The van der Waals surface area contributed by atoms with Gasteiger partial charge >= 0.3 is 0 Å². The summed E-state index contributed by atoms with van der Waals surface area (Å²) in [6, 6.07) is 0. The van der Waals surface area contributed by atoms with Crippen molar-refractivity contribution in [3.63, 3.8) is 0 Å². The Morgan fingerprint density at radius 2 is 2.00 bits per heavy atom. The van der Waals surface area contributed by atoms with E-state index < -0.39 is 26.7 Å². The number of rotatable bonds is 6. The predicted molar refractivity (Wildman–Crippen MR) is 70.4 cm³/mol. The fourth-order valence-electron chi connectivity index (χ4n) is 1.92. The minimum Gasteiger partial charge on any atom is -0.348 e. The van der Waals surface area contributed by atoms with Gasteiger partial charge in [-0.3, -0.25) is 4.79 Å². The number of carbonyl (C=O) groups is 1. The Bertz CT molecular complexity index is 417. The van der Waals surface area contributed by atoms with Gasteiger partial charge in [0, 0.05) is 26.2 Å². The van der Waals surface area contributed by atoms with Crippen LogP contribution >= 0.6 is 0 Å². The molecule has 0 aromatic carbocycles. The van der Waals surface area contributed by atoms with Crippen molar-refractivity contribution >= 4 is 15.9 Å². The molecule has 0 aromatic heterocycles. The molecule has 0 heterocycles. The molecule has 1 saturated carbocycles. The first kappa shape index (κ1) is 15.4. The highest BCUT2D eigenvalue weighted by Crippen LogP contribution is 2.39. The molecule has 6 nitrogen and oxygen atoms in total. The number of nitrogens with one attached hydrogen (secondary N) is 1. The second-order valence-electron chi connectivity index (χ2n) is 5.42. The maximum atomic E-state index is 12.2. The Kier molecular flexibility index (Phi) is 4.40. The SMILES string of the molecule is CC(C(=O)N(C)C)S(=O)(=O)NC(C)(CN)C1CC1. The van der Waals surface area contributed by atoms with Gasteiger partial charge in [-0.25, -0.2) is 13.1 Å². The third-order valence-electron chi connectivity index (χ3n) is 3.53. The van der Waals surface area contributed by atoms with E-state index in [-0.39, 0.29) is 12.5 Å². The topological polar surface area (TPSA) is 92.5 Å². The lowest BCUT2D eigenvalue weighted by Gasteiger charge is -2.30. The lowest BCUT2D eigenvalue weighted by molar-refractivity contribution is -0.127. The van der Waals surface area contributed by atoms with Crippen molar-refractivity contribution < 1.29 is 13.2 Å². The van der Waals surface area contributed by atoms with Crippen LogP contribution in [0.1, 0.15) is 26.7 Å². The maximum absolute atomic E-state index is 12.2. The Labute approximate surface area is 109 Å². The van der Waals surface area contributed by atoms with Gasteiger partial charge in [-0.05, 0) is 32.6 Å². The van der Waals surface area contributed by atoms with E-state index in [1.165, 1.54) is 25.9 Å². The summed E-state index contributed by atoms with van der Waals surface area (Å²) in [6.07, 6.45) is 1.96. The van der Waals surface area contributed by atoms with E-state index in [9.17, 15) is 13.2 Å². The molecule has 1 aliphatic carbocycles. The van der Waals surface area contributed by atoms with Crippen LogP contribution in [0.4, 0.5) is 0 Å². The van der Waals surface area contributed by atoms with Gasteiger partial charge in [-0.2, -0.15) is 0 Å². The first-order valence-corrected chi connectivity index (χ1v) is 7.62. The minimum atomic E-state index is -3.70. The minimum absolute atomic E-state index is 0.236. The van der Waals surface area contributed by atoms with Gasteiger partial charge in [-0.1, -0.05) is 0 Å². The molecule has 0 aromatic rings. The second kappa shape index (κ2) is 5.14. The number of carbonyl (C=O) groups excluding carboxylic acids is 1. The molecule has 18 heavy (non-hydrogen) atoms. The van der Waals surface area contributed by atoms with Gasteiger partial charge in [0.25, 0.3) is 0 Å². The van der Waals surface area contributed by atoms with Gasteiger partial charge in [0.15, 0.2) is 5.25 Å². The highest BCUT2D eigenvalue weighted by molar-refractivity contribution is 7.90. The molecule has 0 radical (unpaired) electrons. The van der Waals surface area contributed by atoms with Gasteiger partial charge in [0.2, 0.25) is 15.9 Å². The smallest absolute Gasteiger partial charge is 0.241 e. The molecule has 1 rings (SSSR count). The maximum Gasteiger partial charge on any atom is 0.241 e. The van der Waals surface area contributed by atoms with Crippen molar-refractivity contribution in [3.8, 4) is 0 Å². The molecule has 0 spiro atoms. The molecule has 0 saturated heterocycles. The number of sulfonamides is 1. The van der Waals surface area contributed by atoms with E-state index in [4.69, 9.17) is 5.73 Å². The van der Waals surface area contributed by atoms with Crippen molar-refractivity contribution in [2.45, 2.75) is 37.5 Å². The van der Waals surface area contributed by atoms with Gasteiger partial charge in [0.05, 0.1) is 0 Å². The average Bonchev–Trinajstić information content (AvgIpc) is 3.10. The van der Waals surface area contributed by atoms with Crippen LogP contribution in [0.3, 0.4) is 0 Å². The van der Waals surface area contributed by atoms with Crippen molar-refractivity contribution in [1.29, 1.82) is 0 Å². The van der Waals surface area contributed by atoms with Gasteiger partial charge in [-0.15, -0.1) is 0 Å². The summed E-state index contributed by atoms with van der Waals surface area (Å²) in [5, 5.41) is -1.10. The van der Waals surface area contributed by atoms with Crippen LogP contribution in [0.25, 0.3) is 0 Å². The second-order valence-corrected chi connectivity index (χ2v) is 7.42. The molecule has 2 atom stereocenters. The monoisotopic (exact) mass is 277 g/mol. The lowest BCUT2D eigenvalue weighted by Crippen LogP contribution is -2.56. The third kappa shape index (κ3) is 3.21. The summed E-state index contributed by atoms with van der Waals surface area (Å²) in [7, 11) is -0.622. The van der Waals surface area contributed by atoms with Gasteiger partial charge in [0.1, 0.15) is 0 Å². The zero-order chi connectivity index (χ0) is 14.1. The first-order valence-electron chi connectivity index (χ1n) is 6.08. The van der Waals surface area contributed by atoms with Crippen molar-refractivity contribution in [2.75, 3.05) is 20.6 Å². The highest BCUT2D eigenvalue weighted by Gasteiger charge is 2.45. The Balaban J connectivity index is 2.84. The van der Waals surface area contributed by atoms with Crippen molar-refractivity contribution in [3.05, 3.63) is 0 Å². The van der Waals surface area contributed by atoms with Crippen LogP contribution in [0.5, 0.6) is 0 Å². The van der Waals surface area contributed by atoms with Crippen LogP contribution in [-0.4, -0.2) is 50.7 Å². The molecule has 0 bridgehead atoms. The van der Waals surface area contributed by atoms with Crippen molar-refractivity contribution in [1.82, 2.24) is 9.62 Å². The molecule has 2 unspecified atom stereocenters. The Morgan fingerprint density at radius 3 is 2.33 bits per heavy atom. The van der Waals surface area contributed by atoms with E-state index in [2.05, 4.69) is 4.72 Å². The summed E-state index contributed by atoms with van der Waals surface area (Å²) < 4.78 is 27.0. The Morgan fingerprint density at radius 1 is 1.50 bits per heavy atom. The normalized spacial score (nSPS) is 21.2. The zero-order valence-electron chi connectivity index (χ0n) is 11.4. The number of amides is 1. The molecular weight excluding hydrogens is 254 g/mol. The fraction of sp³-hybridized carbons (Fsp3) is 0.909. The molecule has 1 fully saturated rings. The van der Waals surface area contributed by atoms with Gasteiger partial charge < -0.3 is 10.6 Å². The number of hydrogen-bond acceptors (Lipinski definition) is 4. The van der Waals surface area contributed by atoms with Crippen LogP contribution < -0.4 is 10.5 Å². The zero-order valence-corrected chi connectivity index (χ0v) is 12.3. The molecule has 1 aliphatic rings. The number of hydrogen-bond donors (Lipinski definition) is 2. The molecule has 106 valence electrons. The van der Waals surface area contributed by atoms with E-state index in [0.717, 1.165) is 12.8 Å². The largest absolute Gasteiger partial charge is 0.348 e. The van der Waals surface area contributed by atoms with Crippen LogP contribution in [0.2, 0.25) is 0 Å².